The molecule has 0 amide bonds. The SMILES string of the molecule is [2H]c1c([2H])c([2H])c2c(oc3c([2H])c(-c4nc(-c5ccccc5)nc(-c5ccc6c(c5)oc5ccccc56)n4)c([2H])c([2H])c32)c1-c1cccc2sc3ccccc3c12. The summed E-state index contributed by atoms with van der Waals surface area (Å²) in [5, 5.41) is 3.95. The summed E-state index contributed by atoms with van der Waals surface area (Å²) in [4.78, 5) is 14.4. The summed E-state index contributed by atoms with van der Waals surface area (Å²) in [6.07, 6.45) is 0. The van der Waals surface area contributed by atoms with E-state index in [-0.39, 0.29) is 81.0 Å². The van der Waals surface area contributed by atoms with Crippen molar-refractivity contribution in [3.05, 3.63) is 152 Å². The topological polar surface area (TPSA) is 65.0 Å². The van der Waals surface area contributed by atoms with Crippen LogP contribution in [0.15, 0.2) is 160 Å². The molecule has 5 nitrogen and oxygen atoms in total. The van der Waals surface area contributed by atoms with Crippen molar-refractivity contribution in [2.45, 2.75) is 0 Å². The number of fused-ring (bicyclic) bond motifs is 9. The Bertz CT molecular complexity index is 3510. The number of hydrogen-bond donors (Lipinski definition) is 0. The Labute approximate surface area is 303 Å². The highest BCUT2D eigenvalue weighted by Crippen LogP contribution is 2.44. The van der Waals surface area contributed by atoms with Crippen molar-refractivity contribution in [2.75, 3.05) is 0 Å². The Hall–Kier alpha value is -6.63. The number of para-hydroxylation sites is 2. The number of aromatic nitrogens is 3. The molecule has 4 heterocycles. The van der Waals surface area contributed by atoms with E-state index in [9.17, 15) is 4.11 Å². The molecule has 0 aliphatic rings. The molecule has 0 radical (unpaired) electrons. The summed E-state index contributed by atoms with van der Waals surface area (Å²) in [5.74, 6) is 0.582. The quantitative estimate of drug-likeness (QED) is 0.185. The second-order valence-corrected chi connectivity index (χ2v) is 13.4. The van der Waals surface area contributed by atoms with Crippen LogP contribution in [0.5, 0.6) is 0 Å². The highest BCUT2D eigenvalue weighted by atomic mass is 32.1. The van der Waals surface area contributed by atoms with Crippen molar-refractivity contribution in [3.8, 4) is 45.3 Å². The minimum absolute atomic E-state index is 0.00222. The fourth-order valence-electron chi connectivity index (χ4n) is 6.90. The Balaban J connectivity index is 1.18. The molecule has 0 unspecified atom stereocenters. The van der Waals surface area contributed by atoms with Crippen LogP contribution in [0.3, 0.4) is 0 Å². The molecule has 0 aliphatic carbocycles. The van der Waals surface area contributed by atoms with Crippen molar-refractivity contribution < 1.29 is 17.1 Å². The van der Waals surface area contributed by atoms with Gasteiger partial charge >= 0.3 is 0 Å². The fourth-order valence-corrected chi connectivity index (χ4v) is 8.03. The van der Waals surface area contributed by atoms with Gasteiger partial charge in [0.1, 0.15) is 22.3 Å². The summed E-state index contributed by atoms with van der Waals surface area (Å²) in [6.45, 7) is 0. The number of rotatable bonds is 4. The van der Waals surface area contributed by atoms with E-state index < -0.39 is 0 Å². The molecule has 0 fully saturated rings. The third kappa shape index (κ3) is 4.43. The molecular weight excluding hydrogens is 647 g/mol. The van der Waals surface area contributed by atoms with Crippen molar-refractivity contribution in [1.29, 1.82) is 0 Å². The summed E-state index contributed by atoms with van der Waals surface area (Å²) in [6, 6.07) is 34.8. The van der Waals surface area contributed by atoms with E-state index in [1.165, 1.54) is 0 Å². The van der Waals surface area contributed by atoms with E-state index in [4.69, 9.17) is 27.9 Å². The van der Waals surface area contributed by atoms with Gasteiger partial charge in [-0.25, -0.2) is 15.0 Å². The second-order valence-electron chi connectivity index (χ2n) is 12.3. The summed E-state index contributed by atoms with van der Waals surface area (Å²) in [7, 11) is 0. The van der Waals surface area contributed by atoms with Crippen LogP contribution in [0, 0.1) is 0 Å². The van der Waals surface area contributed by atoms with Crippen LogP contribution in [-0.2, 0) is 0 Å². The average molecular weight is 678 g/mol. The van der Waals surface area contributed by atoms with E-state index in [1.54, 1.807) is 11.3 Å². The van der Waals surface area contributed by atoms with Crippen LogP contribution in [0.1, 0.15) is 8.22 Å². The lowest BCUT2D eigenvalue weighted by Gasteiger charge is -2.08. The van der Waals surface area contributed by atoms with Gasteiger partial charge in [-0.15, -0.1) is 11.3 Å². The van der Waals surface area contributed by atoms with Crippen molar-refractivity contribution >= 4 is 75.4 Å². The molecule has 238 valence electrons. The van der Waals surface area contributed by atoms with Crippen LogP contribution in [-0.4, -0.2) is 15.0 Å². The summed E-state index contributed by atoms with van der Waals surface area (Å²) in [5.41, 5.74) is 3.64. The lowest BCUT2D eigenvalue weighted by Crippen LogP contribution is -2.00. The van der Waals surface area contributed by atoms with Gasteiger partial charge in [0, 0.05) is 64.0 Å². The Kier molecular flexibility index (Phi) is 4.91. The smallest absolute Gasteiger partial charge is 0.164 e. The first-order valence-electron chi connectivity index (χ1n) is 19.4. The largest absolute Gasteiger partial charge is 0.456 e. The highest BCUT2D eigenvalue weighted by molar-refractivity contribution is 7.25. The number of nitrogens with zero attached hydrogens (tertiary/aromatic N) is 3. The molecule has 0 bridgehead atoms. The first kappa shape index (κ1) is 22.9. The van der Waals surface area contributed by atoms with Gasteiger partial charge in [0.05, 0.1) is 8.22 Å². The van der Waals surface area contributed by atoms with Gasteiger partial charge in [0.2, 0.25) is 0 Å². The molecule has 4 aromatic heterocycles. The number of furan rings is 2. The molecule has 11 aromatic rings. The fraction of sp³-hybridized carbons (Fsp3) is 0. The van der Waals surface area contributed by atoms with Crippen molar-refractivity contribution in [3.63, 3.8) is 0 Å². The van der Waals surface area contributed by atoms with Crippen molar-refractivity contribution in [2.24, 2.45) is 0 Å². The van der Waals surface area contributed by atoms with Gasteiger partial charge in [0.25, 0.3) is 0 Å². The molecule has 0 saturated heterocycles. The predicted molar refractivity (Wildman–Crippen MR) is 209 cm³/mol. The van der Waals surface area contributed by atoms with E-state index in [1.807, 2.05) is 115 Å². The van der Waals surface area contributed by atoms with Gasteiger partial charge in [-0.3, -0.25) is 0 Å². The molecule has 0 N–H and O–H groups in total. The monoisotopic (exact) mass is 677 g/mol. The van der Waals surface area contributed by atoms with E-state index in [0.29, 0.717) is 28.1 Å². The second kappa shape index (κ2) is 10.9. The van der Waals surface area contributed by atoms with Gasteiger partial charge in [-0.05, 0) is 48.0 Å². The third-order valence-electron chi connectivity index (χ3n) is 9.26. The van der Waals surface area contributed by atoms with E-state index >= 15 is 0 Å². The lowest BCUT2D eigenvalue weighted by molar-refractivity contribution is 0.669. The zero-order chi connectivity index (χ0) is 38.7. The third-order valence-corrected chi connectivity index (χ3v) is 10.4. The summed E-state index contributed by atoms with van der Waals surface area (Å²) >= 11 is 1.62. The Morgan fingerprint density at radius 2 is 1.22 bits per heavy atom. The van der Waals surface area contributed by atoms with Crippen LogP contribution < -0.4 is 0 Å². The lowest BCUT2D eigenvalue weighted by atomic mass is 9.97. The molecule has 6 heteroatoms. The minimum Gasteiger partial charge on any atom is -0.456 e. The minimum atomic E-state index is -0.340. The standard InChI is InChI=1S/C45H25N3O2S/c1-2-10-26(11-3-1)43-46-44(27-20-22-30-29-12-4-6-17-36(29)49-37(30)24-27)48-45(47-43)28-21-23-31-33-15-8-16-34(42(33)50-38(31)25-28)32-14-9-19-40-41(32)35-13-5-7-18-39(35)51-40/h1-25H/i8D,15D,16D,21D,23D,25D. The van der Waals surface area contributed by atoms with Crippen molar-refractivity contribution in [1.82, 2.24) is 15.0 Å². The number of benzene rings is 7. The van der Waals surface area contributed by atoms with E-state index in [0.717, 1.165) is 36.5 Å². The van der Waals surface area contributed by atoms with Gasteiger partial charge in [-0.1, -0.05) is 109 Å². The Morgan fingerprint density at radius 1 is 0.471 bits per heavy atom. The average Bonchev–Trinajstić information content (AvgIpc) is 3.94. The zero-order valence-electron chi connectivity index (χ0n) is 32.5. The molecule has 51 heavy (non-hydrogen) atoms. The molecule has 0 atom stereocenters. The zero-order valence-corrected chi connectivity index (χ0v) is 27.4. The number of hydrogen-bond acceptors (Lipinski definition) is 6. The molecule has 7 aromatic carbocycles. The van der Waals surface area contributed by atoms with Crippen LogP contribution in [0.25, 0.3) is 109 Å². The van der Waals surface area contributed by atoms with Gasteiger partial charge in [0.15, 0.2) is 17.5 Å². The maximum atomic E-state index is 9.57. The predicted octanol–water partition coefficient (Wildman–Crippen LogP) is 12.7. The van der Waals surface area contributed by atoms with Crippen LogP contribution in [0.4, 0.5) is 0 Å². The van der Waals surface area contributed by atoms with Crippen LogP contribution >= 0.6 is 11.3 Å². The maximum Gasteiger partial charge on any atom is 0.164 e. The van der Waals surface area contributed by atoms with E-state index in [2.05, 4.69) is 0 Å². The van der Waals surface area contributed by atoms with Gasteiger partial charge in [-0.2, -0.15) is 0 Å². The summed E-state index contributed by atoms with van der Waals surface area (Å²) < 4.78 is 70.1. The number of thiophene rings is 1. The first-order valence-corrected chi connectivity index (χ1v) is 17.2. The molecular formula is C45H25N3O2S. The van der Waals surface area contributed by atoms with Gasteiger partial charge < -0.3 is 8.83 Å². The Morgan fingerprint density at radius 3 is 2.12 bits per heavy atom. The molecule has 0 saturated carbocycles. The maximum absolute atomic E-state index is 9.57. The van der Waals surface area contributed by atoms with Crippen LogP contribution in [0.2, 0.25) is 0 Å². The first-order chi connectivity index (χ1) is 27.8. The molecule has 11 rings (SSSR count). The highest BCUT2D eigenvalue weighted by Gasteiger charge is 2.19. The normalized spacial score (nSPS) is 13.6. The molecule has 0 spiro atoms. The molecule has 0 aliphatic heterocycles.